The van der Waals surface area contributed by atoms with Gasteiger partial charge in [-0.05, 0) is 29.5 Å². The van der Waals surface area contributed by atoms with Crippen LogP contribution < -0.4 is 0 Å². The Balaban J connectivity index is 2.52. The molecule has 0 N–H and O–H groups in total. The van der Waals surface area contributed by atoms with Crippen molar-refractivity contribution in [1.82, 2.24) is 10.2 Å². The molecule has 0 bridgehead atoms. The third-order valence-electron chi connectivity index (χ3n) is 1.49. The maximum Gasteiger partial charge on any atom is 0.207 e. The molecule has 0 aromatic carbocycles. The topological polar surface area (TPSA) is 25.8 Å². The number of aryl methyl sites for hydroxylation is 1. The van der Waals surface area contributed by atoms with Gasteiger partial charge >= 0.3 is 0 Å². The van der Waals surface area contributed by atoms with Gasteiger partial charge in [0.25, 0.3) is 0 Å². The molecule has 2 nitrogen and oxygen atoms in total. The first-order valence-corrected chi connectivity index (χ1v) is 5.86. The van der Waals surface area contributed by atoms with Crippen molar-refractivity contribution in [3.8, 4) is 9.88 Å². The zero-order valence-electron chi connectivity index (χ0n) is 6.54. The summed E-state index contributed by atoms with van der Waals surface area (Å²) in [6.45, 7) is 1.96. The van der Waals surface area contributed by atoms with Gasteiger partial charge in [-0.15, -0.1) is 21.5 Å². The standard InChI is InChI=1S/C7H4Cl2N2S2/c1-3-2-12-5(4(3)8)6-10-11-7(9)13-6/h2H,1H3. The summed E-state index contributed by atoms with van der Waals surface area (Å²) >= 11 is 14.6. The average molecular weight is 251 g/mol. The highest BCUT2D eigenvalue weighted by Crippen LogP contribution is 2.38. The fourth-order valence-corrected chi connectivity index (χ4v) is 3.13. The maximum absolute atomic E-state index is 6.06. The Labute approximate surface area is 93.1 Å². The van der Waals surface area contributed by atoms with Crippen molar-refractivity contribution in [2.24, 2.45) is 0 Å². The van der Waals surface area contributed by atoms with Gasteiger partial charge in [0.2, 0.25) is 4.47 Å². The van der Waals surface area contributed by atoms with Crippen molar-refractivity contribution >= 4 is 45.9 Å². The summed E-state index contributed by atoms with van der Waals surface area (Å²) in [4.78, 5) is 0.948. The molecule has 13 heavy (non-hydrogen) atoms. The van der Waals surface area contributed by atoms with Crippen LogP contribution in [0.1, 0.15) is 5.56 Å². The SMILES string of the molecule is Cc1csc(-c2nnc(Cl)s2)c1Cl. The minimum absolute atomic E-state index is 0.442. The van der Waals surface area contributed by atoms with Crippen LogP contribution in [0.3, 0.4) is 0 Å². The van der Waals surface area contributed by atoms with E-state index in [-0.39, 0.29) is 0 Å². The molecule has 0 spiro atoms. The van der Waals surface area contributed by atoms with E-state index < -0.39 is 0 Å². The van der Waals surface area contributed by atoms with Crippen LogP contribution in [0.25, 0.3) is 9.88 Å². The lowest BCUT2D eigenvalue weighted by atomic mass is 10.3. The molecule has 2 aromatic rings. The van der Waals surface area contributed by atoms with Crippen LogP contribution in [-0.4, -0.2) is 10.2 Å². The van der Waals surface area contributed by atoms with Gasteiger partial charge in [0, 0.05) is 0 Å². The zero-order chi connectivity index (χ0) is 9.42. The van der Waals surface area contributed by atoms with Gasteiger partial charge in [0.05, 0.1) is 9.90 Å². The highest BCUT2D eigenvalue weighted by molar-refractivity contribution is 7.23. The third-order valence-corrected chi connectivity index (χ3v) is 4.36. The molecule has 0 radical (unpaired) electrons. The molecule has 2 rings (SSSR count). The Morgan fingerprint density at radius 2 is 2.08 bits per heavy atom. The van der Waals surface area contributed by atoms with Crippen molar-refractivity contribution in [2.75, 3.05) is 0 Å². The summed E-state index contributed by atoms with van der Waals surface area (Å²) in [6, 6.07) is 0. The van der Waals surface area contributed by atoms with E-state index in [0.29, 0.717) is 4.47 Å². The monoisotopic (exact) mass is 250 g/mol. The second kappa shape index (κ2) is 3.53. The Hall–Kier alpha value is -0.160. The molecule has 6 heteroatoms. The molecule has 2 aromatic heterocycles. The van der Waals surface area contributed by atoms with E-state index in [1.165, 1.54) is 11.3 Å². The van der Waals surface area contributed by atoms with Gasteiger partial charge in [-0.1, -0.05) is 22.9 Å². The Bertz CT molecular complexity index is 435. The highest BCUT2D eigenvalue weighted by Gasteiger charge is 2.12. The van der Waals surface area contributed by atoms with Crippen molar-refractivity contribution < 1.29 is 0 Å². The quantitative estimate of drug-likeness (QED) is 0.768. The van der Waals surface area contributed by atoms with E-state index in [1.54, 1.807) is 11.3 Å². The summed E-state index contributed by atoms with van der Waals surface area (Å²) in [5, 5.41) is 11.2. The highest BCUT2D eigenvalue weighted by atomic mass is 35.5. The molecule has 0 aliphatic carbocycles. The van der Waals surface area contributed by atoms with Crippen LogP contribution in [0.5, 0.6) is 0 Å². The molecule has 0 saturated carbocycles. The molecular formula is C7H4Cl2N2S2. The molecular weight excluding hydrogens is 247 g/mol. The van der Waals surface area contributed by atoms with E-state index in [1.807, 2.05) is 12.3 Å². The summed E-state index contributed by atoms with van der Waals surface area (Å²) in [7, 11) is 0. The molecule has 68 valence electrons. The number of aromatic nitrogens is 2. The first-order valence-electron chi connectivity index (χ1n) is 3.41. The lowest BCUT2D eigenvalue weighted by Gasteiger charge is -1.89. The van der Waals surface area contributed by atoms with E-state index in [0.717, 1.165) is 20.5 Å². The fraction of sp³-hybridized carbons (Fsp3) is 0.143. The van der Waals surface area contributed by atoms with Crippen LogP contribution in [0.4, 0.5) is 0 Å². The summed E-state index contributed by atoms with van der Waals surface area (Å²) in [5.74, 6) is 0. The van der Waals surface area contributed by atoms with Gasteiger partial charge in [-0.3, -0.25) is 0 Å². The molecule has 0 aliphatic rings. The van der Waals surface area contributed by atoms with Crippen LogP contribution in [0.15, 0.2) is 5.38 Å². The maximum atomic E-state index is 6.06. The van der Waals surface area contributed by atoms with Gasteiger partial charge in [-0.2, -0.15) is 0 Å². The smallest absolute Gasteiger partial charge is 0.139 e. The van der Waals surface area contributed by atoms with Gasteiger partial charge in [0.1, 0.15) is 0 Å². The van der Waals surface area contributed by atoms with Crippen LogP contribution in [-0.2, 0) is 0 Å². The van der Waals surface area contributed by atoms with Crippen LogP contribution in [0.2, 0.25) is 9.49 Å². The normalized spacial score (nSPS) is 10.7. The summed E-state index contributed by atoms with van der Waals surface area (Å²) in [6.07, 6.45) is 0. The number of rotatable bonds is 1. The number of nitrogens with zero attached hydrogens (tertiary/aromatic N) is 2. The van der Waals surface area contributed by atoms with Crippen molar-refractivity contribution in [3.05, 3.63) is 20.4 Å². The summed E-state index contributed by atoms with van der Waals surface area (Å²) < 4.78 is 0.442. The van der Waals surface area contributed by atoms with Crippen molar-refractivity contribution in [1.29, 1.82) is 0 Å². The average Bonchev–Trinajstić information content (AvgIpc) is 2.62. The first kappa shape index (κ1) is 9.40. The number of halogens is 2. The molecule has 0 unspecified atom stereocenters. The Kier molecular flexibility index (Phi) is 2.55. The van der Waals surface area contributed by atoms with Crippen LogP contribution in [0, 0.1) is 6.92 Å². The van der Waals surface area contributed by atoms with E-state index >= 15 is 0 Å². The van der Waals surface area contributed by atoms with E-state index in [9.17, 15) is 0 Å². The third kappa shape index (κ3) is 1.72. The first-order chi connectivity index (χ1) is 6.18. The van der Waals surface area contributed by atoms with E-state index in [2.05, 4.69) is 10.2 Å². The molecule has 0 fully saturated rings. The van der Waals surface area contributed by atoms with Crippen molar-refractivity contribution in [3.63, 3.8) is 0 Å². The Morgan fingerprint density at radius 1 is 1.31 bits per heavy atom. The van der Waals surface area contributed by atoms with E-state index in [4.69, 9.17) is 23.2 Å². The molecule has 0 amide bonds. The minimum atomic E-state index is 0.442. The predicted octanol–water partition coefficient (Wildman–Crippen LogP) is 3.88. The number of hydrogen-bond acceptors (Lipinski definition) is 4. The predicted molar refractivity (Wildman–Crippen MR) is 58.0 cm³/mol. The molecule has 0 saturated heterocycles. The number of hydrogen-bond donors (Lipinski definition) is 0. The minimum Gasteiger partial charge on any atom is -0.139 e. The van der Waals surface area contributed by atoms with Crippen molar-refractivity contribution in [2.45, 2.75) is 6.92 Å². The van der Waals surface area contributed by atoms with Crippen LogP contribution >= 0.6 is 45.9 Å². The largest absolute Gasteiger partial charge is 0.207 e. The van der Waals surface area contributed by atoms with Gasteiger partial charge in [0.15, 0.2) is 5.01 Å². The Morgan fingerprint density at radius 3 is 2.54 bits per heavy atom. The second-order valence-electron chi connectivity index (χ2n) is 2.42. The molecule has 2 heterocycles. The second-order valence-corrected chi connectivity index (χ2v) is 5.24. The van der Waals surface area contributed by atoms with Gasteiger partial charge in [-0.25, -0.2) is 0 Å². The lowest BCUT2D eigenvalue weighted by Crippen LogP contribution is -1.72. The summed E-state index contributed by atoms with van der Waals surface area (Å²) in [5.41, 5.74) is 1.06. The molecule has 0 aliphatic heterocycles. The fourth-order valence-electron chi connectivity index (χ4n) is 0.871. The lowest BCUT2D eigenvalue weighted by molar-refractivity contribution is 1.10. The van der Waals surface area contributed by atoms with Gasteiger partial charge < -0.3 is 0 Å². The molecule has 0 atom stereocenters. The zero-order valence-corrected chi connectivity index (χ0v) is 9.69. The number of thiophene rings is 1.